The normalized spacial score (nSPS) is 20.3. The zero-order valence-electron chi connectivity index (χ0n) is 23.0. The summed E-state index contributed by atoms with van der Waals surface area (Å²) < 4.78 is 0. The fourth-order valence-electron chi connectivity index (χ4n) is 8.14. The molecule has 4 amide bonds. The molecule has 2 aliphatic heterocycles. The third-order valence-corrected chi connectivity index (χ3v) is 10.1. The highest BCUT2D eigenvalue weighted by atomic mass is 16.2. The maximum atomic E-state index is 13.8. The second kappa shape index (κ2) is 8.50. The van der Waals surface area contributed by atoms with Crippen molar-refractivity contribution in [3.8, 4) is 0 Å². The average molecular weight is 558 g/mol. The Hall–Kier alpha value is -4.53. The van der Waals surface area contributed by atoms with Crippen LogP contribution in [0.5, 0.6) is 0 Å². The third-order valence-electron chi connectivity index (χ3n) is 10.1. The first-order valence-corrected chi connectivity index (χ1v) is 15.1. The number of nitrogens with zero attached hydrogens (tertiary/aromatic N) is 5. The van der Waals surface area contributed by atoms with E-state index in [1.807, 2.05) is 6.07 Å². The van der Waals surface area contributed by atoms with E-state index in [-0.39, 0.29) is 35.7 Å². The number of benzene rings is 2. The molecule has 5 aromatic rings. The summed E-state index contributed by atoms with van der Waals surface area (Å²) in [6.07, 6.45) is 14.2. The minimum atomic E-state index is -0.307. The molecule has 4 aliphatic rings. The fraction of sp³-hybridized carbons (Fsp3) is 0.364. The van der Waals surface area contributed by atoms with E-state index >= 15 is 0 Å². The van der Waals surface area contributed by atoms with Gasteiger partial charge in [-0.25, -0.2) is 0 Å². The Balaban J connectivity index is 1.29. The van der Waals surface area contributed by atoms with E-state index in [1.54, 1.807) is 24.7 Å². The number of carbonyl (C=O) groups excluding carboxylic acids is 4. The van der Waals surface area contributed by atoms with Crippen molar-refractivity contribution in [2.24, 2.45) is 0 Å². The number of hydrogen-bond acceptors (Lipinski definition) is 7. The average Bonchev–Trinajstić information content (AvgIpc) is 3.03. The van der Waals surface area contributed by atoms with Gasteiger partial charge in [0, 0.05) is 63.2 Å². The van der Waals surface area contributed by atoms with E-state index in [0.717, 1.165) is 69.6 Å². The van der Waals surface area contributed by atoms with Crippen LogP contribution in [0.25, 0.3) is 43.5 Å². The molecule has 0 spiro atoms. The van der Waals surface area contributed by atoms with E-state index < -0.39 is 0 Å². The maximum absolute atomic E-state index is 13.8. The summed E-state index contributed by atoms with van der Waals surface area (Å²) in [5.41, 5.74) is 3.33. The van der Waals surface area contributed by atoms with Gasteiger partial charge in [-0.05, 0) is 31.7 Å². The number of fused-ring (bicyclic) bond motifs is 2. The van der Waals surface area contributed by atoms with Crippen LogP contribution in [0.15, 0.2) is 30.7 Å². The minimum absolute atomic E-state index is 0.0994. The van der Waals surface area contributed by atoms with Crippen molar-refractivity contribution < 1.29 is 19.2 Å². The number of aromatic nitrogens is 3. The highest BCUT2D eigenvalue weighted by Crippen LogP contribution is 2.45. The molecule has 0 bridgehead atoms. The van der Waals surface area contributed by atoms with Crippen molar-refractivity contribution >= 4 is 67.1 Å². The number of pyridine rings is 3. The van der Waals surface area contributed by atoms with Gasteiger partial charge in [-0.3, -0.25) is 43.9 Å². The van der Waals surface area contributed by atoms with Gasteiger partial charge >= 0.3 is 0 Å². The van der Waals surface area contributed by atoms with Crippen LogP contribution in [0.4, 0.5) is 0 Å². The molecule has 42 heavy (non-hydrogen) atoms. The number of carbonyl (C=O) groups is 4. The quantitative estimate of drug-likeness (QED) is 0.154. The monoisotopic (exact) mass is 557 g/mol. The van der Waals surface area contributed by atoms with Gasteiger partial charge in [0.2, 0.25) is 0 Å². The van der Waals surface area contributed by atoms with E-state index in [0.29, 0.717) is 60.3 Å². The molecule has 0 N–H and O–H groups in total. The number of imide groups is 2. The number of hydrogen-bond donors (Lipinski definition) is 0. The summed E-state index contributed by atoms with van der Waals surface area (Å²) in [7, 11) is 0. The highest BCUT2D eigenvalue weighted by Gasteiger charge is 2.41. The van der Waals surface area contributed by atoms with Crippen LogP contribution in [-0.2, 0) is 0 Å². The van der Waals surface area contributed by atoms with Gasteiger partial charge in [0.25, 0.3) is 23.6 Å². The van der Waals surface area contributed by atoms with Gasteiger partial charge in [-0.1, -0.05) is 44.6 Å². The lowest BCUT2D eigenvalue weighted by Gasteiger charge is -2.36. The van der Waals surface area contributed by atoms with Gasteiger partial charge < -0.3 is 0 Å². The summed E-state index contributed by atoms with van der Waals surface area (Å²) in [4.78, 5) is 72.4. The topological polar surface area (TPSA) is 113 Å². The predicted molar refractivity (Wildman–Crippen MR) is 156 cm³/mol. The maximum Gasteiger partial charge on any atom is 0.263 e. The van der Waals surface area contributed by atoms with Crippen LogP contribution in [0, 0.1) is 0 Å². The number of amides is 4. The van der Waals surface area contributed by atoms with Gasteiger partial charge in [-0.2, -0.15) is 0 Å². The van der Waals surface area contributed by atoms with Gasteiger partial charge in [0.15, 0.2) is 0 Å². The molecule has 2 aliphatic carbocycles. The van der Waals surface area contributed by atoms with Crippen molar-refractivity contribution in [1.82, 2.24) is 24.8 Å². The van der Waals surface area contributed by atoms with Gasteiger partial charge in [0.05, 0.1) is 33.2 Å². The molecule has 9 heteroatoms. The molecule has 208 valence electrons. The summed E-state index contributed by atoms with van der Waals surface area (Å²) in [6.45, 7) is 0. The van der Waals surface area contributed by atoms with Crippen molar-refractivity contribution in [3.63, 3.8) is 0 Å². The zero-order valence-corrected chi connectivity index (χ0v) is 23.0. The summed E-state index contributed by atoms with van der Waals surface area (Å²) in [5.74, 6) is -1.18. The Labute approximate surface area is 240 Å². The Morgan fingerprint density at radius 3 is 1.43 bits per heavy atom. The minimum Gasteiger partial charge on any atom is -0.271 e. The van der Waals surface area contributed by atoms with Crippen molar-refractivity contribution in [2.75, 3.05) is 0 Å². The molecular formula is C33H27N5O4. The van der Waals surface area contributed by atoms with E-state index in [1.165, 1.54) is 9.80 Å². The number of rotatable bonds is 2. The SMILES string of the molecule is O=C1c2ccc3c4ncc5c6c(cnc(c7ncc(c2c37)C(=O)N1C1CCCCC1)c64)C(=O)N(C1CCCCC1)C5=O. The second-order valence-electron chi connectivity index (χ2n) is 12.3. The molecule has 5 heterocycles. The van der Waals surface area contributed by atoms with Crippen LogP contribution in [-0.4, -0.2) is 60.5 Å². The largest absolute Gasteiger partial charge is 0.271 e. The standard InChI is InChI=1S/C33H27N5O4/c39-30-19-12-11-18-25-23(19)20(31(40)37(30)16-7-3-1-4-8-16)14-35-28(25)29-26-24-21(13-34-27(18)26)32(41)38(17-9-5-2-6-10-17)33(42)22(24)15-36-29/h11-17H,1-10H2. The summed E-state index contributed by atoms with van der Waals surface area (Å²) >= 11 is 0. The van der Waals surface area contributed by atoms with Crippen molar-refractivity contribution in [2.45, 2.75) is 76.3 Å². The Bertz CT molecular complexity index is 1790. The second-order valence-corrected chi connectivity index (χ2v) is 12.3. The lowest BCUT2D eigenvalue weighted by Crippen LogP contribution is -2.48. The first kappa shape index (κ1) is 24.1. The molecule has 3 aromatic heterocycles. The molecule has 0 saturated heterocycles. The Morgan fingerprint density at radius 1 is 0.476 bits per heavy atom. The molecule has 0 unspecified atom stereocenters. The van der Waals surface area contributed by atoms with E-state index in [9.17, 15) is 19.2 Å². The lowest BCUT2D eigenvalue weighted by atomic mass is 9.86. The van der Waals surface area contributed by atoms with E-state index in [4.69, 9.17) is 15.0 Å². The molecule has 2 aromatic carbocycles. The van der Waals surface area contributed by atoms with Gasteiger partial charge in [-0.15, -0.1) is 0 Å². The van der Waals surface area contributed by atoms with Crippen LogP contribution in [0.1, 0.15) is 106 Å². The lowest BCUT2D eigenvalue weighted by molar-refractivity contribution is 0.0487. The molecule has 9 nitrogen and oxygen atoms in total. The van der Waals surface area contributed by atoms with Crippen LogP contribution in [0.2, 0.25) is 0 Å². The molecule has 2 fully saturated rings. The van der Waals surface area contributed by atoms with Crippen LogP contribution < -0.4 is 0 Å². The highest BCUT2D eigenvalue weighted by molar-refractivity contribution is 6.39. The van der Waals surface area contributed by atoms with Crippen molar-refractivity contribution in [1.29, 1.82) is 0 Å². The summed E-state index contributed by atoms with van der Waals surface area (Å²) in [5, 5.41) is 3.15. The molecule has 0 radical (unpaired) electrons. The molecule has 2 saturated carbocycles. The fourth-order valence-corrected chi connectivity index (χ4v) is 8.14. The van der Waals surface area contributed by atoms with Gasteiger partial charge in [0.1, 0.15) is 0 Å². The van der Waals surface area contributed by atoms with Crippen LogP contribution >= 0.6 is 0 Å². The van der Waals surface area contributed by atoms with Crippen molar-refractivity contribution in [3.05, 3.63) is 53.0 Å². The first-order chi connectivity index (χ1) is 20.5. The molecule has 0 atom stereocenters. The van der Waals surface area contributed by atoms with E-state index in [2.05, 4.69) is 0 Å². The Kier molecular flexibility index (Phi) is 4.88. The smallest absolute Gasteiger partial charge is 0.263 e. The van der Waals surface area contributed by atoms with Crippen LogP contribution in [0.3, 0.4) is 0 Å². The molecule has 9 rings (SSSR count). The zero-order chi connectivity index (χ0) is 28.3. The Morgan fingerprint density at radius 2 is 0.905 bits per heavy atom. The predicted octanol–water partition coefficient (Wildman–Crippen LogP) is 5.78. The molecular weight excluding hydrogens is 530 g/mol. The third kappa shape index (κ3) is 2.95. The summed E-state index contributed by atoms with van der Waals surface area (Å²) in [6, 6.07) is 3.43. The first-order valence-electron chi connectivity index (χ1n) is 15.1.